The largest absolute Gasteiger partial charge is 0.398 e. The Hall–Kier alpha value is -1.60. The second kappa shape index (κ2) is 5.18. The Labute approximate surface area is 112 Å². The van der Waals surface area contributed by atoms with Crippen LogP contribution in [0.2, 0.25) is 0 Å². The van der Waals surface area contributed by atoms with Crippen molar-refractivity contribution in [2.75, 3.05) is 12.3 Å². The van der Waals surface area contributed by atoms with E-state index in [1.807, 2.05) is 0 Å². The molecule has 0 radical (unpaired) electrons. The predicted molar refractivity (Wildman–Crippen MR) is 71.9 cm³/mol. The highest BCUT2D eigenvalue weighted by Gasteiger charge is 2.24. The Morgan fingerprint density at radius 2 is 2.11 bits per heavy atom. The van der Waals surface area contributed by atoms with E-state index in [9.17, 15) is 13.2 Å². The first kappa shape index (κ1) is 13.8. The van der Waals surface area contributed by atoms with Gasteiger partial charge >= 0.3 is 0 Å². The topological polar surface area (TPSA) is 101 Å². The van der Waals surface area contributed by atoms with Crippen molar-refractivity contribution < 1.29 is 13.2 Å². The lowest BCUT2D eigenvalue weighted by molar-refractivity contribution is -0.120. The highest BCUT2D eigenvalue weighted by Crippen LogP contribution is 2.18. The number of aryl methyl sites for hydroxylation is 1. The summed E-state index contributed by atoms with van der Waals surface area (Å²) in [5.74, 6) is -0.314. The quantitative estimate of drug-likeness (QED) is 0.669. The van der Waals surface area contributed by atoms with Gasteiger partial charge in [0.2, 0.25) is 15.9 Å². The van der Waals surface area contributed by atoms with Gasteiger partial charge in [-0.2, -0.15) is 0 Å². The molecule has 0 unspecified atom stereocenters. The van der Waals surface area contributed by atoms with Crippen LogP contribution in [0.15, 0.2) is 23.1 Å². The average molecular weight is 283 g/mol. The molecule has 0 atom stereocenters. The zero-order valence-electron chi connectivity index (χ0n) is 10.6. The minimum absolute atomic E-state index is 0.0646. The number of benzene rings is 1. The lowest BCUT2D eigenvalue weighted by Crippen LogP contribution is -2.37. The lowest BCUT2D eigenvalue weighted by atomic mass is 10.2. The zero-order valence-corrected chi connectivity index (χ0v) is 11.5. The first-order valence-corrected chi connectivity index (χ1v) is 7.52. The summed E-state index contributed by atoms with van der Waals surface area (Å²) in [6.07, 6.45) is 1.93. The van der Waals surface area contributed by atoms with Crippen molar-refractivity contribution in [1.82, 2.24) is 10.0 Å². The third-order valence-electron chi connectivity index (χ3n) is 2.93. The standard InChI is InChI=1S/C12H17N3O3S/c1-8-2-5-10(6-11(8)13)19(17,18)14-7-12(16)15-9-3-4-9/h2,5-6,9,14H,3-4,7,13H2,1H3,(H,15,16). The maximum absolute atomic E-state index is 12.0. The van der Waals surface area contributed by atoms with Crippen molar-refractivity contribution >= 4 is 21.6 Å². The Bertz CT molecular complexity index is 594. The van der Waals surface area contributed by atoms with Gasteiger partial charge in [-0.05, 0) is 37.5 Å². The molecule has 19 heavy (non-hydrogen) atoms. The van der Waals surface area contributed by atoms with E-state index >= 15 is 0 Å². The summed E-state index contributed by atoms with van der Waals surface area (Å²) in [4.78, 5) is 11.5. The average Bonchev–Trinajstić information content (AvgIpc) is 3.14. The van der Waals surface area contributed by atoms with Crippen LogP contribution >= 0.6 is 0 Å². The van der Waals surface area contributed by atoms with Gasteiger partial charge in [-0.3, -0.25) is 4.79 Å². The predicted octanol–water partition coefficient (Wildman–Crippen LogP) is 0.134. The summed E-state index contributed by atoms with van der Waals surface area (Å²) < 4.78 is 26.2. The van der Waals surface area contributed by atoms with Crippen molar-refractivity contribution in [3.05, 3.63) is 23.8 Å². The molecule has 6 nitrogen and oxygen atoms in total. The number of nitrogen functional groups attached to an aromatic ring is 1. The molecule has 0 saturated heterocycles. The molecule has 0 bridgehead atoms. The summed E-state index contributed by atoms with van der Waals surface area (Å²) in [6.45, 7) is 1.54. The number of nitrogens with one attached hydrogen (secondary N) is 2. The monoisotopic (exact) mass is 283 g/mol. The maximum Gasteiger partial charge on any atom is 0.241 e. The molecule has 0 aromatic heterocycles. The number of sulfonamides is 1. The van der Waals surface area contributed by atoms with Crippen LogP contribution in [0.1, 0.15) is 18.4 Å². The molecule has 1 aromatic rings. The maximum atomic E-state index is 12.0. The molecular formula is C12H17N3O3S. The summed E-state index contributed by atoms with van der Waals surface area (Å²) >= 11 is 0. The van der Waals surface area contributed by atoms with Gasteiger partial charge in [0.15, 0.2) is 0 Å². The summed E-state index contributed by atoms with van der Waals surface area (Å²) in [5, 5.41) is 2.71. The van der Waals surface area contributed by atoms with Gasteiger partial charge in [-0.15, -0.1) is 0 Å². The van der Waals surface area contributed by atoms with Crippen molar-refractivity contribution in [1.29, 1.82) is 0 Å². The molecule has 1 aliphatic rings. The van der Waals surface area contributed by atoms with E-state index < -0.39 is 10.0 Å². The van der Waals surface area contributed by atoms with Crippen LogP contribution in [0.5, 0.6) is 0 Å². The summed E-state index contributed by atoms with van der Waals surface area (Å²) in [6, 6.07) is 4.70. The second-order valence-electron chi connectivity index (χ2n) is 4.68. The molecule has 7 heteroatoms. The fourth-order valence-electron chi connectivity index (χ4n) is 1.54. The first-order valence-electron chi connectivity index (χ1n) is 6.03. The Morgan fingerprint density at radius 1 is 1.42 bits per heavy atom. The lowest BCUT2D eigenvalue weighted by Gasteiger charge is -2.08. The molecule has 104 valence electrons. The van der Waals surface area contributed by atoms with Crippen LogP contribution in [0.3, 0.4) is 0 Å². The molecule has 0 aliphatic heterocycles. The molecule has 0 heterocycles. The van der Waals surface area contributed by atoms with Crippen LogP contribution in [-0.4, -0.2) is 26.9 Å². The van der Waals surface area contributed by atoms with Crippen molar-refractivity contribution in [3.63, 3.8) is 0 Å². The zero-order chi connectivity index (χ0) is 14.0. The molecular weight excluding hydrogens is 266 g/mol. The van der Waals surface area contributed by atoms with Gasteiger partial charge in [-0.1, -0.05) is 6.07 Å². The number of anilines is 1. The van der Waals surface area contributed by atoms with E-state index in [1.54, 1.807) is 13.0 Å². The van der Waals surface area contributed by atoms with Gasteiger partial charge in [0, 0.05) is 11.7 Å². The number of amides is 1. The van der Waals surface area contributed by atoms with Crippen LogP contribution < -0.4 is 15.8 Å². The normalized spacial score (nSPS) is 15.2. The highest BCUT2D eigenvalue weighted by atomic mass is 32.2. The third kappa shape index (κ3) is 3.68. The summed E-state index contributed by atoms with van der Waals surface area (Å²) in [7, 11) is -3.70. The molecule has 4 N–H and O–H groups in total. The van der Waals surface area contributed by atoms with E-state index in [-0.39, 0.29) is 23.4 Å². The van der Waals surface area contributed by atoms with E-state index in [2.05, 4.69) is 10.0 Å². The molecule has 1 fully saturated rings. The first-order chi connectivity index (χ1) is 8.88. The number of nitrogens with two attached hydrogens (primary N) is 1. The smallest absolute Gasteiger partial charge is 0.241 e. The van der Waals surface area contributed by atoms with Crippen LogP contribution in [0.4, 0.5) is 5.69 Å². The number of carbonyl (C=O) groups is 1. The molecule has 1 amide bonds. The van der Waals surface area contributed by atoms with Gasteiger partial charge in [0.25, 0.3) is 0 Å². The molecule has 0 spiro atoms. The SMILES string of the molecule is Cc1ccc(S(=O)(=O)NCC(=O)NC2CC2)cc1N. The van der Waals surface area contributed by atoms with Crippen LogP contribution in [-0.2, 0) is 14.8 Å². The molecule has 1 saturated carbocycles. The highest BCUT2D eigenvalue weighted by molar-refractivity contribution is 7.89. The van der Waals surface area contributed by atoms with E-state index in [1.165, 1.54) is 12.1 Å². The van der Waals surface area contributed by atoms with Gasteiger partial charge in [0.1, 0.15) is 0 Å². The van der Waals surface area contributed by atoms with Gasteiger partial charge in [0.05, 0.1) is 11.4 Å². The second-order valence-corrected chi connectivity index (χ2v) is 6.45. The number of hydrogen-bond donors (Lipinski definition) is 3. The van der Waals surface area contributed by atoms with Crippen molar-refractivity contribution in [2.45, 2.75) is 30.7 Å². The van der Waals surface area contributed by atoms with E-state index in [4.69, 9.17) is 5.73 Å². The summed E-state index contributed by atoms with van der Waals surface area (Å²) in [5.41, 5.74) is 6.89. The minimum atomic E-state index is -3.70. The number of carbonyl (C=O) groups excluding carboxylic acids is 1. The third-order valence-corrected chi connectivity index (χ3v) is 4.33. The van der Waals surface area contributed by atoms with Gasteiger partial charge in [-0.25, -0.2) is 13.1 Å². The molecule has 1 aromatic carbocycles. The molecule has 1 aliphatic carbocycles. The Morgan fingerprint density at radius 3 is 2.68 bits per heavy atom. The van der Waals surface area contributed by atoms with Crippen LogP contribution in [0.25, 0.3) is 0 Å². The van der Waals surface area contributed by atoms with E-state index in [0.717, 1.165) is 18.4 Å². The minimum Gasteiger partial charge on any atom is -0.398 e. The Balaban J connectivity index is 2.00. The number of rotatable bonds is 5. The van der Waals surface area contributed by atoms with Crippen LogP contribution in [0, 0.1) is 6.92 Å². The fraction of sp³-hybridized carbons (Fsp3) is 0.417. The van der Waals surface area contributed by atoms with E-state index in [0.29, 0.717) is 5.69 Å². The Kier molecular flexibility index (Phi) is 3.77. The number of hydrogen-bond acceptors (Lipinski definition) is 4. The van der Waals surface area contributed by atoms with Crippen molar-refractivity contribution in [3.8, 4) is 0 Å². The van der Waals surface area contributed by atoms with Crippen molar-refractivity contribution in [2.24, 2.45) is 0 Å². The fourth-order valence-corrected chi connectivity index (χ4v) is 2.55. The van der Waals surface area contributed by atoms with Gasteiger partial charge < -0.3 is 11.1 Å². The molecule has 2 rings (SSSR count).